The molecule has 0 aromatic rings. The molecule has 0 saturated carbocycles. The maximum atomic E-state index is 13.3. The van der Waals surface area contributed by atoms with E-state index in [0.717, 1.165) is 0 Å². The number of guanidine groups is 2. The molecule has 17 nitrogen and oxygen atoms in total. The number of nitrogens with one attached hydrogen (secondary N) is 3. The fourth-order valence-corrected chi connectivity index (χ4v) is 3.76. The Balaban J connectivity index is 5.60. The average Bonchev–Trinajstić information content (AvgIpc) is 2.90. The molecule has 17 heteroatoms. The Bertz CT molecular complexity index is 862. The first-order valence-electron chi connectivity index (χ1n) is 13.8. The van der Waals surface area contributed by atoms with Crippen molar-refractivity contribution in [2.24, 2.45) is 50.1 Å². The van der Waals surface area contributed by atoms with Gasteiger partial charge in [-0.15, -0.1) is 0 Å². The van der Waals surface area contributed by atoms with Gasteiger partial charge in [0.2, 0.25) is 17.7 Å². The van der Waals surface area contributed by atoms with E-state index in [0.29, 0.717) is 58.0 Å². The molecule has 0 rings (SSSR count). The maximum absolute atomic E-state index is 13.3. The molecule has 0 aliphatic carbocycles. The van der Waals surface area contributed by atoms with Crippen LogP contribution in [0, 0.1) is 0 Å². The van der Waals surface area contributed by atoms with Crippen molar-refractivity contribution in [3.63, 3.8) is 0 Å². The third-order valence-corrected chi connectivity index (χ3v) is 6.02. The van der Waals surface area contributed by atoms with Crippen LogP contribution in [0.5, 0.6) is 0 Å². The van der Waals surface area contributed by atoms with E-state index in [1.807, 2.05) is 0 Å². The van der Waals surface area contributed by atoms with Crippen molar-refractivity contribution in [2.75, 3.05) is 26.2 Å². The number of aliphatic carboxylic acids is 1. The van der Waals surface area contributed by atoms with Gasteiger partial charge in [-0.2, -0.15) is 0 Å². The molecule has 18 N–H and O–H groups in total. The molecule has 236 valence electrons. The van der Waals surface area contributed by atoms with Crippen LogP contribution < -0.4 is 56.1 Å². The number of carboxylic acid groups (broad SMARTS) is 1. The van der Waals surface area contributed by atoms with Gasteiger partial charge in [0.25, 0.3) is 0 Å². The third kappa shape index (κ3) is 18.3. The highest BCUT2D eigenvalue weighted by molar-refractivity contribution is 5.94. The second-order valence-corrected chi connectivity index (χ2v) is 9.59. The predicted octanol–water partition coefficient (Wildman–Crippen LogP) is -3.78. The normalized spacial score (nSPS) is 13.6. The van der Waals surface area contributed by atoms with Gasteiger partial charge in [-0.3, -0.25) is 24.4 Å². The lowest BCUT2D eigenvalue weighted by molar-refractivity contribution is -0.142. The summed E-state index contributed by atoms with van der Waals surface area (Å²) in [5.41, 5.74) is 38.3. The molecule has 0 radical (unpaired) electrons. The van der Waals surface area contributed by atoms with Crippen LogP contribution in [-0.4, -0.2) is 91.1 Å². The summed E-state index contributed by atoms with van der Waals surface area (Å²) in [6.45, 7) is 1.24. The lowest BCUT2D eigenvalue weighted by atomic mass is 10.0. The Kier molecular flexibility index (Phi) is 20.1. The van der Waals surface area contributed by atoms with Crippen LogP contribution in [0.4, 0.5) is 0 Å². The molecule has 0 bridgehead atoms. The Morgan fingerprint density at radius 2 is 0.976 bits per heavy atom. The molecule has 3 amide bonds. The fourth-order valence-electron chi connectivity index (χ4n) is 3.76. The number of nitrogens with two attached hydrogens (primary N) is 7. The minimum atomic E-state index is -1.25. The van der Waals surface area contributed by atoms with Crippen molar-refractivity contribution in [2.45, 2.75) is 88.4 Å². The van der Waals surface area contributed by atoms with Crippen LogP contribution in [0.3, 0.4) is 0 Å². The van der Waals surface area contributed by atoms with Gasteiger partial charge < -0.3 is 61.2 Å². The first-order valence-corrected chi connectivity index (χ1v) is 13.8. The number of carboxylic acids is 1. The molecule has 0 aliphatic rings. The number of carbonyl (C=O) groups is 4. The first kappa shape index (κ1) is 37.3. The number of rotatable bonds is 23. The monoisotopic (exact) mass is 586 g/mol. The summed E-state index contributed by atoms with van der Waals surface area (Å²) in [5, 5.41) is 17.4. The lowest BCUT2D eigenvalue weighted by Crippen LogP contribution is -2.57. The van der Waals surface area contributed by atoms with Gasteiger partial charge in [0.05, 0.1) is 6.04 Å². The van der Waals surface area contributed by atoms with Gasteiger partial charge >= 0.3 is 5.97 Å². The summed E-state index contributed by atoms with van der Waals surface area (Å²) in [4.78, 5) is 58.6. The molecule has 0 aromatic carbocycles. The van der Waals surface area contributed by atoms with Crippen LogP contribution in [0.15, 0.2) is 9.98 Å². The minimum absolute atomic E-state index is 0.0623. The van der Waals surface area contributed by atoms with Crippen LogP contribution in [0.1, 0.15) is 64.2 Å². The van der Waals surface area contributed by atoms with Gasteiger partial charge in [-0.05, 0) is 70.9 Å². The van der Waals surface area contributed by atoms with Crippen LogP contribution >= 0.6 is 0 Å². The van der Waals surface area contributed by atoms with Crippen molar-refractivity contribution in [3.8, 4) is 0 Å². The lowest BCUT2D eigenvalue weighted by Gasteiger charge is -2.25. The number of aliphatic imine (C=N–C) groups is 2. The summed E-state index contributed by atoms with van der Waals surface area (Å²) in [6, 6.07) is -4.21. The van der Waals surface area contributed by atoms with E-state index in [4.69, 9.17) is 40.1 Å². The summed E-state index contributed by atoms with van der Waals surface area (Å²) in [7, 11) is 0. The quantitative estimate of drug-likeness (QED) is 0.0312. The Labute approximate surface area is 240 Å². The van der Waals surface area contributed by atoms with Gasteiger partial charge in [-0.1, -0.05) is 6.42 Å². The van der Waals surface area contributed by atoms with E-state index in [2.05, 4.69) is 25.9 Å². The fraction of sp³-hybridized carbons (Fsp3) is 0.750. The highest BCUT2D eigenvalue weighted by atomic mass is 16.4. The Hall–Kier alpha value is -3.70. The summed E-state index contributed by atoms with van der Waals surface area (Å²) >= 11 is 0. The van der Waals surface area contributed by atoms with E-state index in [9.17, 15) is 24.3 Å². The molecule has 0 aromatic heterocycles. The maximum Gasteiger partial charge on any atom is 0.326 e. The molecule has 41 heavy (non-hydrogen) atoms. The second-order valence-electron chi connectivity index (χ2n) is 9.59. The summed E-state index contributed by atoms with van der Waals surface area (Å²) < 4.78 is 0. The standard InChI is InChI=1S/C24H50N12O5/c25-11-3-1-7-15(27)19(37)34-17(9-5-13-32-23(28)29)20(38)35-16(8-2-4-12-26)21(39)36-18(22(40)41)10-6-14-33-24(30)31/h15-18H,1-14,25-27H2,(H,34,37)(H,35,38)(H,36,39)(H,40,41)(H4,28,29,32)(H4,30,31,33). The van der Waals surface area contributed by atoms with E-state index in [1.165, 1.54) is 0 Å². The smallest absolute Gasteiger partial charge is 0.326 e. The second kappa shape index (κ2) is 22.0. The summed E-state index contributed by atoms with van der Waals surface area (Å²) in [5.74, 6) is -3.33. The predicted molar refractivity (Wildman–Crippen MR) is 157 cm³/mol. The third-order valence-electron chi connectivity index (χ3n) is 6.02. The van der Waals surface area contributed by atoms with Crippen molar-refractivity contribution in [1.82, 2.24) is 16.0 Å². The molecule has 0 heterocycles. The molecule has 4 atom stereocenters. The topological polar surface area (TPSA) is 331 Å². The Morgan fingerprint density at radius 1 is 0.585 bits per heavy atom. The molecule has 0 fully saturated rings. The number of amides is 3. The van der Waals surface area contributed by atoms with Gasteiger partial charge in [0.15, 0.2) is 11.9 Å². The highest BCUT2D eigenvalue weighted by Gasteiger charge is 2.30. The SMILES string of the molecule is NCCCCC(N)C(=O)NC(CCCN=C(N)N)C(=O)NC(CCCCN)C(=O)NC(CCCN=C(N)N)C(=O)O. The number of carbonyl (C=O) groups excluding carboxylic acids is 3. The number of hydrogen-bond donors (Lipinski definition) is 11. The molecule has 0 saturated heterocycles. The van der Waals surface area contributed by atoms with Crippen molar-refractivity contribution in [3.05, 3.63) is 0 Å². The zero-order chi connectivity index (χ0) is 31.2. The van der Waals surface area contributed by atoms with Gasteiger partial charge in [-0.25, -0.2) is 4.79 Å². The van der Waals surface area contributed by atoms with Crippen molar-refractivity contribution < 1.29 is 24.3 Å². The molecule has 0 spiro atoms. The van der Waals surface area contributed by atoms with Crippen LogP contribution in [0.2, 0.25) is 0 Å². The zero-order valence-electron chi connectivity index (χ0n) is 23.7. The Morgan fingerprint density at radius 3 is 1.41 bits per heavy atom. The van der Waals surface area contributed by atoms with Crippen molar-refractivity contribution in [1.29, 1.82) is 0 Å². The van der Waals surface area contributed by atoms with E-state index >= 15 is 0 Å². The van der Waals surface area contributed by atoms with E-state index in [-0.39, 0.29) is 44.3 Å². The van der Waals surface area contributed by atoms with E-state index in [1.54, 1.807) is 0 Å². The number of nitrogens with zero attached hydrogens (tertiary/aromatic N) is 2. The van der Waals surface area contributed by atoms with Gasteiger partial charge in [0, 0.05) is 13.1 Å². The molecular formula is C24H50N12O5. The molecule has 0 aliphatic heterocycles. The summed E-state index contributed by atoms with van der Waals surface area (Å²) in [6.07, 6.45) is 3.87. The largest absolute Gasteiger partial charge is 0.480 e. The minimum Gasteiger partial charge on any atom is -0.480 e. The molecule has 4 unspecified atom stereocenters. The highest BCUT2D eigenvalue weighted by Crippen LogP contribution is 2.07. The molecular weight excluding hydrogens is 536 g/mol. The average molecular weight is 587 g/mol. The van der Waals surface area contributed by atoms with Gasteiger partial charge in [0.1, 0.15) is 18.1 Å². The van der Waals surface area contributed by atoms with Crippen LogP contribution in [-0.2, 0) is 19.2 Å². The first-order chi connectivity index (χ1) is 19.4. The zero-order valence-corrected chi connectivity index (χ0v) is 23.7. The van der Waals surface area contributed by atoms with Crippen molar-refractivity contribution >= 4 is 35.6 Å². The number of unbranched alkanes of at least 4 members (excludes halogenated alkanes) is 2. The van der Waals surface area contributed by atoms with Crippen LogP contribution in [0.25, 0.3) is 0 Å². The number of hydrogen-bond acceptors (Lipinski definition) is 9. The van der Waals surface area contributed by atoms with E-state index < -0.39 is 47.9 Å².